The minimum atomic E-state index is -1.51. The predicted octanol–water partition coefficient (Wildman–Crippen LogP) is -2.17. The van der Waals surface area contributed by atoms with E-state index in [0.717, 1.165) is 34.6 Å². The van der Waals surface area contributed by atoms with Crippen molar-refractivity contribution in [2.75, 3.05) is 13.7 Å². The summed E-state index contributed by atoms with van der Waals surface area (Å²) in [5, 5.41) is 7.05. The lowest BCUT2D eigenvalue weighted by molar-refractivity contribution is -0.257. The first-order chi connectivity index (χ1) is 16.7. The van der Waals surface area contributed by atoms with Gasteiger partial charge in [0, 0.05) is 41.7 Å². The lowest BCUT2D eigenvalue weighted by Gasteiger charge is -2.44. The van der Waals surface area contributed by atoms with Gasteiger partial charge in [-0.05, 0) is 0 Å². The molecule has 0 radical (unpaired) electrons. The number of carbonyl (C=O) groups excluding carboxylic acids is 7. The molecule has 1 fully saturated rings. The Morgan fingerprint density at radius 3 is 1.78 bits per heavy atom. The number of esters is 4. The third kappa shape index (κ3) is 9.85. The highest BCUT2D eigenvalue weighted by molar-refractivity contribution is 5.91. The van der Waals surface area contributed by atoms with Crippen molar-refractivity contribution in [3.63, 3.8) is 0 Å². The van der Waals surface area contributed by atoms with Crippen LogP contribution in [0.4, 0.5) is 0 Å². The Hall–Kier alpha value is -3.75. The molecule has 1 aliphatic heterocycles. The fraction of sp³-hybridized carbons (Fsp3) is 0.667. The summed E-state index contributed by atoms with van der Waals surface area (Å²) in [6.45, 7) is 4.98. The molecule has 1 heterocycles. The summed E-state index contributed by atoms with van der Waals surface area (Å²) in [4.78, 5) is 83.0. The molecular formula is C21H31N3O12. The van der Waals surface area contributed by atoms with Crippen LogP contribution in [0.1, 0.15) is 41.0 Å². The maximum atomic E-state index is 12.8. The largest absolute Gasteiger partial charge is 0.463 e. The molecule has 1 rings (SSSR count). The van der Waals surface area contributed by atoms with Crippen molar-refractivity contribution in [1.29, 1.82) is 0 Å². The number of hydrogen-bond acceptors (Lipinski definition) is 12. The normalized spacial score (nSPS) is 23.8. The predicted molar refractivity (Wildman–Crippen MR) is 116 cm³/mol. The summed E-state index contributed by atoms with van der Waals surface area (Å²) in [7, 11) is 1.31. The number of nitrogens with one attached hydrogen (secondary N) is 3. The van der Waals surface area contributed by atoms with Gasteiger partial charge in [-0.2, -0.15) is 0 Å². The number of ether oxygens (including phenoxy) is 5. The van der Waals surface area contributed by atoms with Crippen LogP contribution in [0.25, 0.3) is 0 Å². The fourth-order valence-corrected chi connectivity index (χ4v) is 3.38. The van der Waals surface area contributed by atoms with Crippen molar-refractivity contribution < 1.29 is 57.2 Å². The van der Waals surface area contributed by atoms with Crippen LogP contribution in [0.2, 0.25) is 0 Å². The van der Waals surface area contributed by atoms with Gasteiger partial charge in [0.25, 0.3) is 0 Å². The van der Waals surface area contributed by atoms with E-state index in [4.69, 9.17) is 23.7 Å². The van der Waals surface area contributed by atoms with Crippen molar-refractivity contribution in [1.82, 2.24) is 16.0 Å². The van der Waals surface area contributed by atoms with E-state index in [1.165, 1.54) is 7.05 Å². The molecular weight excluding hydrogens is 486 g/mol. The van der Waals surface area contributed by atoms with Crippen molar-refractivity contribution in [3.05, 3.63) is 0 Å². The summed E-state index contributed by atoms with van der Waals surface area (Å²) in [6, 6.07) is -1.24. The quantitative estimate of drug-likeness (QED) is 0.209. The Bertz CT molecular complexity index is 876. The zero-order chi connectivity index (χ0) is 27.6. The van der Waals surface area contributed by atoms with E-state index in [1.54, 1.807) is 0 Å². The molecule has 0 unspecified atom stereocenters. The molecule has 36 heavy (non-hydrogen) atoms. The molecule has 3 N–H and O–H groups in total. The van der Waals surface area contributed by atoms with Crippen molar-refractivity contribution in [2.24, 2.45) is 0 Å². The number of amides is 3. The maximum absolute atomic E-state index is 12.8. The number of carbonyl (C=O) groups is 7. The summed E-state index contributed by atoms with van der Waals surface area (Å²) >= 11 is 0. The smallest absolute Gasteiger partial charge is 0.303 e. The van der Waals surface area contributed by atoms with E-state index >= 15 is 0 Å². The van der Waals surface area contributed by atoms with Gasteiger partial charge in [-0.15, -0.1) is 0 Å². The van der Waals surface area contributed by atoms with Gasteiger partial charge in [-0.1, -0.05) is 0 Å². The van der Waals surface area contributed by atoms with Gasteiger partial charge < -0.3 is 39.6 Å². The van der Waals surface area contributed by atoms with Crippen molar-refractivity contribution in [2.45, 2.75) is 77.7 Å². The Morgan fingerprint density at radius 2 is 1.31 bits per heavy atom. The van der Waals surface area contributed by atoms with Gasteiger partial charge in [0.05, 0.1) is 6.42 Å². The molecule has 3 amide bonds. The minimum absolute atomic E-state index is 0.475. The molecule has 0 aromatic heterocycles. The number of hydrogen-bond donors (Lipinski definition) is 3. The highest BCUT2D eigenvalue weighted by atomic mass is 16.7. The van der Waals surface area contributed by atoms with Gasteiger partial charge in [0.1, 0.15) is 18.8 Å². The first-order valence-electron chi connectivity index (χ1n) is 10.8. The summed E-state index contributed by atoms with van der Waals surface area (Å²) in [5.74, 6) is -5.22. The Labute approximate surface area is 206 Å². The molecule has 15 heteroatoms. The van der Waals surface area contributed by atoms with Gasteiger partial charge in [-0.25, -0.2) is 0 Å². The zero-order valence-electron chi connectivity index (χ0n) is 20.8. The molecule has 1 aliphatic rings. The molecule has 0 aromatic rings. The average molecular weight is 517 g/mol. The van der Waals surface area contributed by atoms with Gasteiger partial charge >= 0.3 is 23.9 Å². The molecule has 0 saturated carbocycles. The molecule has 0 bridgehead atoms. The van der Waals surface area contributed by atoms with Crippen LogP contribution in [0.15, 0.2) is 0 Å². The monoisotopic (exact) mass is 517 g/mol. The van der Waals surface area contributed by atoms with Crippen LogP contribution in [0.5, 0.6) is 0 Å². The van der Waals surface area contributed by atoms with Crippen LogP contribution in [0.3, 0.4) is 0 Å². The van der Waals surface area contributed by atoms with E-state index in [9.17, 15) is 33.6 Å². The minimum Gasteiger partial charge on any atom is -0.463 e. The second kappa shape index (κ2) is 14.0. The van der Waals surface area contributed by atoms with Crippen molar-refractivity contribution >= 4 is 41.6 Å². The maximum Gasteiger partial charge on any atom is 0.303 e. The SMILES string of the molecule is CNC(=O)[C@H](CC(=O)N[C@H]1O[C@H](COC(C)=O)[C@H](OC(C)=O)[C@H](OC(C)=O)[C@H]1OC(C)=O)NC(C)=O. The molecule has 1 saturated heterocycles. The highest BCUT2D eigenvalue weighted by Gasteiger charge is 2.52. The van der Waals surface area contributed by atoms with Gasteiger partial charge in [0.2, 0.25) is 17.7 Å². The summed E-state index contributed by atoms with van der Waals surface area (Å²) in [5.41, 5.74) is 0. The first kappa shape index (κ1) is 30.3. The molecule has 202 valence electrons. The number of rotatable bonds is 10. The van der Waals surface area contributed by atoms with E-state index in [1.807, 2.05) is 0 Å². The summed E-state index contributed by atoms with van der Waals surface area (Å²) < 4.78 is 26.4. The molecule has 0 aromatic carbocycles. The van der Waals surface area contributed by atoms with E-state index < -0.39 is 91.3 Å². The zero-order valence-corrected chi connectivity index (χ0v) is 20.8. The van der Waals surface area contributed by atoms with Crippen LogP contribution >= 0.6 is 0 Å². The Balaban J connectivity index is 3.33. The van der Waals surface area contributed by atoms with Crippen molar-refractivity contribution in [3.8, 4) is 0 Å². The molecule has 0 aliphatic carbocycles. The van der Waals surface area contributed by atoms with E-state index in [0.29, 0.717) is 0 Å². The highest BCUT2D eigenvalue weighted by Crippen LogP contribution is 2.28. The fourth-order valence-electron chi connectivity index (χ4n) is 3.38. The second-order valence-electron chi connectivity index (χ2n) is 7.76. The van der Waals surface area contributed by atoms with Gasteiger partial charge in [0.15, 0.2) is 24.5 Å². The lowest BCUT2D eigenvalue weighted by atomic mass is 9.97. The topological polar surface area (TPSA) is 202 Å². The van der Waals surface area contributed by atoms with E-state index in [2.05, 4.69) is 16.0 Å². The standard InChI is InChI=1S/C21H31N3O12/c1-9(25)23-14(20(31)22-6)7-16(30)24-21-19(35-13(5)29)18(34-12(4)28)17(33-11(3)27)15(36-21)8-32-10(2)26/h14-15,17-19,21H,7-8H2,1-6H3,(H,22,31)(H,23,25)(H,24,30)/t14-,15+,17-,18-,19+,21-/m0/s1. The Kier molecular flexibility index (Phi) is 11.7. The number of likely N-dealkylation sites (N-methyl/N-ethyl adjacent to an activating group) is 1. The Morgan fingerprint density at radius 1 is 0.778 bits per heavy atom. The summed E-state index contributed by atoms with van der Waals surface area (Å²) in [6.07, 6.45) is -7.66. The second-order valence-corrected chi connectivity index (χ2v) is 7.76. The van der Waals surface area contributed by atoms with Crippen LogP contribution in [-0.2, 0) is 57.2 Å². The first-order valence-corrected chi connectivity index (χ1v) is 10.8. The van der Waals surface area contributed by atoms with E-state index in [-0.39, 0.29) is 0 Å². The average Bonchev–Trinajstić information content (AvgIpc) is 2.74. The lowest BCUT2D eigenvalue weighted by Crippen LogP contribution is -2.66. The third-order valence-electron chi connectivity index (χ3n) is 4.62. The molecule has 0 spiro atoms. The third-order valence-corrected chi connectivity index (χ3v) is 4.62. The van der Waals surface area contributed by atoms with Crippen LogP contribution in [0, 0.1) is 0 Å². The van der Waals surface area contributed by atoms with Crippen LogP contribution < -0.4 is 16.0 Å². The molecule has 6 atom stereocenters. The van der Waals surface area contributed by atoms with Gasteiger partial charge in [-0.3, -0.25) is 33.6 Å². The molecule has 15 nitrogen and oxygen atoms in total. The van der Waals surface area contributed by atoms with Crippen LogP contribution in [-0.4, -0.2) is 91.9 Å².